The van der Waals surface area contributed by atoms with E-state index < -0.39 is 23.7 Å². The molecule has 1 fully saturated rings. The molecule has 0 radical (unpaired) electrons. The van der Waals surface area contributed by atoms with Gasteiger partial charge in [0.15, 0.2) is 5.78 Å². The summed E-state index contributed by atoms with van der Waals surface area (Å²) in [4.78, 5) is 43.1. The first-order valence-electron chi connectivity index (χ1n) is 10.3. The number of nitrogens with one attached hydrogen (secondary N) is 1. The Labute approximate surface area is 181 Å². The van der Waals surface area contributed by atoms with Crippen LogP contribution in [0.25, 0.3) is 0 Å². The molecule has 0 aliphatic carbocycles. The molecule has 1 N–H and O–H groups in total. The average Bonchev–Trinajstić information content (AvgIpc) is 3.36. The minimum absolute atomic E-state index is 0.310. The zero-order chi connectivity index (χ0) is 21.8. The molecule has 6 nitrogen and oxygen atoms in total. The maximum absolute atomic E-state index is 13.4. The highest BCUT2D eigenvalue weighted by Gasteiger charge is 2.52. The van der Waals surface area contributed by atoms with Crippen LogP contribution in [0.15, 0.2) is 35.7 Å². The highest BCUT2D eigenvalue weighted by atomic mass is 32.1. The van der Waals surface area contributed by atoms with E-state index in [2.05, 4.69) is 13.8 Å². The van der Waals surface area contributed by atoms with Crippen molar-refractivity contribution in [1.82, 2.24) is 4.90 Å². The summed E-state index contributed by atoms with van der Waals surface area (Å²) in [6.45, 7) is 9.15. The number of ketones is 2. The van der Waals surface area contributed by atoms with Crippen LogP contribution >= 0.6 is 11.3 Å². The fourth-order valence-electron chi connectivity index (χ4n) is 4.10. The molecular formula is C23H29N2O4S+. The van der Waals surface area contributed by atoms with Crippen LogP contribution in [0.2, 0.25) is 0 Å². The number of amides is 1. The second-order valence-electron chi connectivity index (χ2n) is 7.56. The molecule has 2 aromatic rings. The van der Waals surface area contributed by atoms with Crippen molar-refractivity contribution in [3.05, 3.63) is 51.7 Å². The molecule has 2 heterocycles. The zero-order valence-electron chi connectivity index (χ0n) is 17.9. The number of carbonyl (C=O) groups is 3. The molecule has 30 heavy (non-hydrogen) atoms. The Morgan fingerprint density at radius 2 is 1.93 bits per heavy atom. The number of rotatable bonds is 9. The van der Waals surface area contributed by atoms with E-state index in [1.165, 1.54) is 16.2 Å². The number of nitrogens with zero attached hydrogens (tertiary/aromatic N) is 1. The Balaban J connectivity index is 1.95. The number of likely N-dealkylation sites (N-methyl/N-ethyl adjacent to an activating group) is 1. The highest BCUT2D eigenvalue weighted by molar-refractivity contribution is 7.10. The van der Waals surface area contributed by atoms with Crippen molar-refractivity contribution in [2.24, 2.45) is 5.92 Å². The lowest BCUT2D eigenvalue weighted by molar-refractivity contribution is -0.895. The summed E-state index contributed by atoms with van der Waals surface area (Å²) in [6.07, 6.45) is 0. The molecule has 160 valence electrons. The third-order valence-electron chi connectivity index (χ3n) is 5.91. The minimum atomic E-state index is -1.02. The summed E-state index contributed by atoms with van der Waals surface area (Å²) in [5, 5.41) is 1.91. The number of hydrogen-bond acceptors (Lipinski definition) is 5. The fraction of sp³-hybridized carbons (Fsp3) is 0.435. The van der Waals surface area contributed by atoms with E-state index in [1.54, 1.807) is 30.2 Å². The molecule has 0 bridgehead atoms. The highest BCUT2D eigenvalue weighted by Crippen LogP contribution is 2.40. The normalized spacial score (nSPS) is 19.0. The van der Waals surface area contributed by atoms with Gasteiger partial charge in [0.25, 0.3) is 5.91 Å². The van der Waals surface area contributed by atoms with Crippen molar-refractivity contribution in [2.75, 3.05) is 33.3 Å². The smallest absolute Gasteiger partial charge is 0.291 e. The van der Waals surface area contributed by atoms with Crippen LogP contribution in [0.3, 0.4) is 0 Å². The quantitative estimate of drug-likeness (QED) is 0.376. The Morgan fingerprint density at radius 3 is 2.50 bits per heavy atom. The molecule has 2 unspecified atom stereocenters. The molecular weight excluding hydrogens is 400 g/mol. The number of quaternary nitrogens is 1. The Morgan fingerprint density at radius 1 is 1.20 bits per heavy atom. The van der Waals surface area contributed by atoms with Gasteiger partial charge in [-0.2, -0.15) is 0 Å². The largest absolute Gasteiger partial charge is 0.496 e. The van der Waals surface area contributed by atoms with Crippen molar-refractivity contribution < 1.29 is 24.0 Å². The number of likely N-dealkylation sites (tertiary alicyclic amines) is 1. The summed E-state index contributed by atoms with van der Waals surface area (Å²) in [6, 6.07) is 8.37. The lowest BCUT2D eigenvalue weighted by Gasteiger charge is -2.27. The molecule has 2 atom stereocenters. The minimum Gasteiger partial charge on any atom is -0.496 e. The van der Waals surface area contributed by atoms with Gasteiger partial charge in [-0.15, -0.1) is 11.3 Å². The van der Waals surface area contributed by atoms with Gasteiger partial charge in [0.1, 0.15) is 11.7 Å². The van der Waals surface area contributed by atoms with E-state index in [-0.39, 0.29) is 5.78 Å². The van der Waals surface area contributed by atoms with Crippen molar-refractivity contribution in [1.29, 1.82) is 0 Å². The maximum atomic E-state index is 13.4. The van der Waals surface area contributed by atoms with Crippen LogP contribution in [0.5, 0.6) is 5.75 Å². The van der Waals surface area contributed by atoms with Gasteiger partial charge in [-0.3, -0.25) is 14.4 Å². The molecule has 1 aromatic carbocycles. The predicted octanol–water partition coefficient (Wildman–Crippen LogP) is 1.94. The average molecular weight is 430 g/mol. The number of carbonyl (C=O) groups excluding carboxylic acids is 3. The number of hydrogen-bond donors (Lipinski definition) is 1. The van der Waals surface area contributed by atoms with E-state index in [1.807, 2.05) is 24.4 Å². The van der Waals surface area contributed by atoms with Crippen LogP contribution in [-0.4, -0.2) is 55.7 Å². The van der Waals surface area contributed by atoms with Crippen LogP contribution < -0.4 is 9.64 Å². The van der Waals surface area contributed by atoms with Crippen LogP contribution in [0, 0.1) is 12.8 Å². The maximum Gasteiger partial charge on any atom is 0.291 e. The second kappa shape index (κ2) is 9.53. The lowest BCUT2D eigenvalue weighted by Crippen LogP contribution is -3.12. The monoisotopic (exact) mass is 429 g/mol. The van der Waals surface area contributed by atoms with Crippen molar-refractivity contribution in [3.8, 4) is 5.75 Å². The van der Waals surface area contributed by atoms with E-state index in [4.69, 9.17) is 4.74 Å². The van der Waals surface area contributed by atoms with E-state index in [9.17, 15) is 14.4 Å². The Kier molecular flexibility index (Phi) is 7.05. The number of benzene rings is 1. The molecule has 1 aromatic heterocycles. The molecule has 0 saturated carbocycles. The third kappa shape index (κ3) is 4.18. The van der Waals surface area contributed by atoms with Crippen LogP contribution in [0.1, 0.15) is 40.7 Å². The standard InChI is InChI=1S/C23H28N2O4S/c1-5-24(6-2)11-12-25-20(18-8-7-13-30-18)19(22(27)23(25)28)21(26)16-9-10-17(29-4)15(3)14-16/h7-10,13-14,19-20H,5-6,11-12H2,1-4H3/p+1. The zero-order valence-corrected chi connectivity index (χ0v) is 18.8. The van der Waals surface area contributed by atoms with Crippen LogP contribution in [0.4, 0.5) is 0 Å². The van der Waals surface area contributed by atoms with Crippen LogP contribution in [-0.2, 0) is 9.59 Å². The number of ether oxygens (including phenoxy) is 1. The molecule has 3 rings (SSSR count). The van der Waals surface area contributed by atoms with E-state index in [0.29, 0.717) is 17.9 Å². The fourth-order valence-corrected chi connectivity index (χ4v) is 4.97. The molecule has 1 aliphatic rings. The summed E-state index contributed by atoms with van der Waals surface area (Å²) in [7, 11) is 1.57. The summed E-state index contributed by atoms with van der Waals surface area (Å²) >= 11 is 1.47. The van der Waals surface area contributed by atoms with E-state index >= 15 is 0 Å². The molecule has 0 spiro atoms. The third-order valence-corrected chi connectivity index (χ3v) is 6.85. The summed E-state index contributed by atoms with van der Waals surface area (Å²) < 4.78 is 5.27. The number of Topliss-reactive ketones (excluding diaryl/α,β-unsaturated/α-hetero) is 2. The topological polar surface area (TPSA) is 68.1 Å². The first kappa shape index (κ1) is 22.2. The number of methoxy groups -OCH3 is 1. The summed E-state index contributed by atoms with van der Waals surface area (Å²) in [5.41, 5.74) is 1.24. The molecule has 1 aliphatic heterocycles. The van der Waals surface area contributed by atoms with Crippen molar-refractivity contribution in [3.63, 3.8) is 0 Å². The molecule has 7 heteroatoms. The van der Waals surface area contributed by atoms with Gasteiger partial charge < -0.3 is 14.5 Å². The van der Waals surface area contributed by atoms with Crippen molar-refractivity contribution >= 4 is 28.8 Å². The summed E-state index contributed by atoms with van der Waals surface area (Å²) in [5.74, 6) is -1.81. The predicted molar refractivity (Wildman–Crippen MR) is 116 cm³/mol. The van der Waals surface area contributed by atoms with Gasteiger partial charge in [0.2, 0.25) is 5.78 Å². The van der Waals surface area contributed by atoms with E-state index in [0.717, 1.165) is 30.1 Å². The number of aryl methyl sites for hydroxylation is 1. The van der Waals surface area contributed by atoms with Gasteiger partial charge in [-0.05, 0) is 56.0 Å². The lowest BCUT2D eigenvalue weighted by atomic mass is 9.88. The van der Waals surface area contributed by atoms with Gasteiger partial charge in [0.05, 0.1) is 39.3 Å². The van der Waals surface area contributed by atoms with Crippen molar-refractivity contribution in [2.45, 2.75) is 26.8 Å². The molecule has 1 amide bonds. The van der Waals surface area contributed by atoms with Gasteiger partial charge in [-0.1, -0.05) is 6.07 Å². The first-order chi connectivity index (χ1) is 14.4. The van der Waals surface area contributed by atoms with Gasteiger partial charge in [0, 0.05) is 10.4 Å². The van der Waals surface area contributed by atoms with Gasteiger partial charge >= 0.3 is 0 Å². The SMILES string of the molecule is CC[NH+](CC)CCN1C(=O)C(=O)C(C(=O)c2ccc(OC)c(C)c2)C1c1cccs1. The Bertz CT molecular complexity index is 921. The molecule has 1 saturated heterocycles. The number of thiophene rings is 1. The van der Waals surface area contributed by atoms with Gasteiger partial charge in [-0.25, -0.2) is 0 Å². The second-order valence-corrected chi connectivity index (χ2v) is 8.54. The Hall–Kier alpha value is -2.51. The first-order valence-corrected chi connectivity index (χ1v) is 11.2.